The van der Waals surface area contributed by atoms with Crippen molar-refractivity contribution in [2.24, 2.45) is 0 Å². The lowest BCUT2D eigenvalue weighted by molar-refractivity contribution is -0.120. The van der Waals surface area contributed by atoms with Crippen LogP contribution in [0.5, 0.6) is 5.75 Å². The molecule has 0 saturated carbocycles. The molecule has 4 rings (SSSR count). The van der Waals surface area contributed by atoms with Gasteiger partial charge in [0.25, 0.3) is 0 Å². The van der Waals surface area contributed by atoms with Gasteiger partial charge in [-0.25, -0.2) is 4.79 Å². The van der Waals surface area contributed by atoms with E-state index >= 15 is 0 Å². The molecule has 2 amide bonds. The van der Waals surface area contributed by atoms with Gasteiger partial charge in [0, 0.05) is 12.0 Å². The quantitative estimate of drug-likeness (QED) is 0.216. The zero-order valence-corrected chi connectivity index (χ0v) is 24.4. The molecule has 1 atom stereocenters. The third-order valence-electron chi connectivity index (χ3n) is 6.21. The summed E-state index contributed by atoms with van der Waals surface area (Å²) in [5.41, 5.74) is 1.97. The van der Waals surface area contributed by atoms with Gasteiger partial charge in [0.1, 0.15) is 17.4 Å². The Morgan fingerprint density at radius 1 is 0.854 bits per heavy atom. The van der Waals surface area contributed by atoms with Crippen LogP contribution in [0.4, 0.5) is 10.5 Å². The van der Waals surface area contributed by atoms with Gasteiger partial charge < -0.3 is 19.7 Å². The minimum Gasteiger partial charge on any atom is -0.497 e. The fraction of sp³-hybridized carbons (Fsp3) is 0.242. The molecule has 0 aliphatic carbocycles. The summed E-state index contributed by atoms with van der Waals surface area (Å²) >= 11 is 1.28. The molecule has 0 bridgehead atoms. The summed E-state index contributed by atoms with van der Waals surface area (Å²) in [6.07, 6.45) is -0.452. The van der Waals surface area contributed by atoms with Crippen LogP contribution in [0.25, 0.3) is 0 Å². The number of carbonyl (C=O) groups excluding carboxylic acids is 3. The Labute approximate surface area is 244 Å². The van der Waals surface area contributed by atoms with E-state index in [4.69, 9.17) is 9.47 Å². The second-order valence-corrected chi connectivity index (χ2v) is 11.4. The fourth-order valence-corrected chi connectivity index (χ4v) is 5.15. The number of ketones is 1. The van der Waals surface area contributed by atoms with Crippen molar-refractivity contribution in [1.82, 2.24) is 5.32 Å². The van der Waals surface area contributed by atoms with Gasteiger partial charge in [-0.3, -0.25) is 9.59 Å². The van der Waals surface area contributed by atoms with Crippen molar-refractivity contribution in [3.8, 4) is 5.75 Å². The highest BCUT2D eigenvalue weighted by Gasteiger charge is 2.32. The molecule has 0 spiro atoms. The molecule has 0 fully saturated rings. The normalized spacial score (nSPS) is 11.8. The van der Waals surface area contributed by atoms with Gasteiger partial charge in [0.05, 0.1) is 24.2 Å². The first-order valence-corrected chi connectivity index (χ1v) is 14.2. The first-order valence-electron chi connectivity index (χ1n) is 13.3. The number of amides is 2. The molecule has 7 nitrogen and oxygen atoms in total. The van der Waals surface area contributed by atoms with Gasteiger partial charge in [-0.1, -0.05) is 72.8 Å². The highest BCUT2D eigenvalue weighted by molar-refractivity contribution is 7.13. The van der Waals surface area contributed by atoms with Gasteiger partial charge >= 0.3 is 6.09 Å². The van der Waals surface area contributed by atoms with Crippen LogP contribution in [0.15, 0.2) is 96.4 Å². The van der Waals surface area contributed by atoms with Crippen molar-refractivity contribution in [1.29, 1.82) is 0 Å². The maximum atomic E-state index is 14.4. The smallest absolute Gasteiger partial charge is 0.408 e. The Balaban J connectivity index is 1.74. The molecule has 0 unspecified atom stereocenters. The SMILES string of the molecule is COc1ccc(CN(C(=O)[C@H](Cc2ccccc2)NC(=O)OC(C)(C)C)c2ccsc2C(=O)c2ccccc2)cc1. The third kappa shape index (κ3) is 8.05. The summed E-state index contributed by atoms with van der Waals surface area (Å²) in [5, 5.41) is 4.59. The number of thiophene rings is 1. The van der Waals surface area contributed by atoms with Crippen molar-refractivity contribution >= 4 is 34.8 Å². The molecule has 212 valence electrons. The van der Waals surface area contributed by atoms with E-state index in [2.05, 4.69) is 5.32 Å². The summed E-state index contributed by atoms with van der Waals surface area (Å²) in [6, 6.07) is 26.6. The molecule has 0 aliphatic rings. The van der Waals surface area contributed by atoms with Crippen LogP contribution in [-0.4, -0.2) is 36.5 Å². The first kappa shape index (κ1) is 29.6. The minimum absolute atomic E-state index is 0.177. The number of hydrogen-bond acceptors (Lipinski definition) is 6. The Morgan fingerprint density at radius 3 is 2.10 bits per heavy atom. The number of carbonyl (C=O) groups is 3. The predicted molar refractivity (Wildman–Crippen MR) is 162 cm³/mol. The number of ether oxygens (including phenoxy) is 2. The average molecular weight is 571 g/mol. The van der Waals surface area contributed by atoms with Gasteiger partial charge in [-0.05, 0) is 55.5 Å². The summed E-state index contributed by atoms with van der Waals surface area (Å²) in [5.74, 6) is 0.148. The number of methoxy groups -OCH3 is 1. The molecule has 0 aliphatic heterocycles. The Hall–Kier alpha value is -4.43. The van der Waals surface area contributed by atoms with E-state index in [1.807, 2.05) is 60.7 Å². The van der Waals surface area contributed by atoms with Crippen LogP contribution in [0.3, 0.4) is 0 Å². The zero-order chi connectivity index (χ0) is 29.4. The molecule has 41 heavy (non-hydrogen) atoms. The van der Waals surface area contributed by atoms with Crippen LogP contribution in [0, 0.1) is 0 Å². The van der Waals surface area contributed by atoms with Crippen molar-refractivity contribution < 1.29 is 23.9 Å². The molecule has 1 N–H and O–H groups in total. The number of alkyl carbamates (subject to hydrolysis) is 1. The van der Waals surface area contributed by atoms with Gasteiger partial charge in [-0.15, -0.1) is 11.3 Å². The van der Waals surface area contributed by atoms with Crippen LogP contribution >= 0.6 is 11.3 Å². The zero-order valence-electron chi connectivity index (χ0n) is 23.6. The van der Waals surface area contributed by atoms with Crippen LogP contribution in [0.2, 0.25) is 0 Å². The number of nitrogens with zero attached hydrogens (tertiary/aromatic N) is 1. The Morgan fingerprint density at radius 2 is 1.49 bits per heavy atom. The number of hydrogen-bond donors (Lipinski definition) is 1. The van der Waals surface area contributed by atoms with E-state index in [0.717, 1.165) is 11.1 Å². The van der Waals surface area contributed by atoms with Gasteiger partial charge in [0.15, 0.2) is 0 Å². The Bertz CT molecular complexity index is 1460. The molecule has 0 saturated heterocycles. The average Bonchev–Trinajstić information content (AvgIpc) is 3.45. The molecule has 8 heteroatoms. The van der Waals surface area contributed by atoms with Gasteiger partial charge in [0.2, 0.25) is 11.7 Å². The Kier molecular flexibility index (Phi) is 9.57. The fourth-order valence-electron chi connectivity index (χ4n) is 4.29. The van der Waals surface area contributed by atoms with Crippen molar-refractivity contribution in [3.63, 3.8) is 0 Å². The summed E-state index contributed by atoms with van der Waals surface area (Å²) in [4.78, 5) is 42.9. The molecular formula is C33H34N2O5S. The molecule has 1 heterocycles. The summed E-state index contributed by atoms with van der Waals surface area (Å²) in [7, 11) is 1.59. The third-order valence-corrected chi connectivity index (χ3v) is 7.12. The standard InChI is InChI=1S/C33H34N2O5S/c1-33(2,3)40-32(38)34-27(21-23-11-7-5-8-12-23)31(37)35(22-24-15-17-26(39-4)18-16-24)28-19-20-41-30(28)29(36)25-13-9-6-10-14-25/h5-20,27H,21-22H2,1-4H3,(H,34,38)/t27-/m0/s1. The molecule has 3 aromatic carbocycles. The topological polar surface area (TPSA) is 84.9 Å². The van der Waals surface area contributed by atoms with E-state index in [-0.39, 0.29) is 24.7 Å². The lowest BCUT2D eigenvalue weighted by Crippen LogP contribution is -2.51. The summed E-state index contributed by atoms with van der Waals surface area (Å²) < 4.78 is 10.8. The molecular weight excluding hydrogens is 536 g/mol. The van der Waals surface area contributed by atoms with E-state index in [9.17, 15) is 14.4 Å². The number of nitrogens with one attached hydrogen (secondary N) is 1. The molecule has 0 radical (unpaired) electrons. The highest BCUT2D eigenvalue weighted by atomic mass is 32.1. The van der Waals surface area contributed by atoms with Crippen molar-refractivity contribution in [2.75, 3.05) is 12.0 Å². The largest absolute Gasteiger partial charge is 0.497 e. The summed E-state index contributed by atoms with van der Waals surface area (Å²) in [6.45, 7) is 5.48. The minimum atomic E-state index is -0.954. The highest BCUT2D eigenvalue weighted by Crippen LogP contribution is 2.31. The number of anilines is 1. The van der Waals surface area contributed by atoms with E-state index in [0.29, 0.717) is 21.9 Å². The van der Waals surface area contributed by atoms with E-state index in [1.54, 1.807) is 68.5 Å². The lowest BCUT2D eigenvalue weighted by atomic mass is 10.0. The number of benzene rings is 3. The molecule has 4 aromatic rings. The molecule has 1 aromatic heterocycles. The number of rotatable bonds is 10. The van der Waals surface area contributed by atoms with E-state index < -0.39 is 17.7 Å². The van der Waals surface area contributed by atoms with Crippen molar-refractivity contribution in [3.05, 3.63) is 118 Å². The van der Waals surface area contributed by atoms with Crippen molar-refractivity contribution in [2.45, 2.75) is 45.4 Å². The second-order valence-electron chi connectivity index (χ2n) is 10.5. The van der Waals surface area contributed by atoms with Gasteiger partial charge in [-0.2, -0.15) is 0 Å². The lowest BCUT2D eigenvalue weighted by Gasteiger charge is -2.29. The van der Waals surface area contributed by atoms with Crippen LogP contribution < -0.4 is 15.0 Å². The second kappa shape index (κ2) is 13.3. The first-order chi connectivity index (χ1) is 19.6. The van der Waals surface area contributed by atoms with Crippen LogP contribution in [0.1, 0.15) is 47.1 Å². The maximum Gasteiger partial charge on any atom is 0.408 e. The van der Waals surface area contributed by atoms with Crippen LogP contribution in [-0.2, 0) is 22.5 Å². The maximum absolute atomic E-state index is 14.4. The van der Waals surface area contributed by atoms with E-state index in [1.165, 1.54) is 11.3 Å². The monoisotopic (exact) mass is 570 g/mol. The predicted octanol–water partition coefficient (Wildman–Crippen LogP) is 6.66.